The van der Waals surface area contributed by atoms with Gasteiger partial charge in [0.2, 0.25) is 0 Å². The Morgan fingerprint density at radius 3 is 0.436 bits per heavy atom. The third-order valence-corrected chi connectivity index (χ3v) is 2.73. The number of aliphatic hydroxyl groups excluding tert-OH is 10. The molecule has 244 valence electrons. The second kappa shape index (κ2) is 66.4. The summed E-state index contributed by atoms with van der Waals surface area (Å²) in [5.41, 5.74) is 0. The number of aliphatic hydroxyl groups is 10. The molecule has 0 aliphatic rings. The molecule has 16 nitrogen and oxygen atoms in total. The predicted molar refractivity (Wildman–Crippen MR) is 136 cm³/mol. The van der Waals surface area contributed by atoms with Crippen molar-refractivity contribution in [1.29, 1.82) is 0 Å². The van der Waals surface area contributed by atoms with E-state index in [0.29, 0.717) is 79.3 Å². The topological polar surface area (TPSA) is 258 Å². The molecule has 0 spiro atoms. The molecular formula is C22H54MoO16. The van der Waals surface area contributed by atoms with Crippen molar-refractivity contribution in [2.24, 2.45) is 0 Å². The van der Waals surface area contributed by atoms with Crippen LogP contribution < -0.4 is 0 Å². The predicted octanol–water partition coefficient (Wildman–Crippen LogP) is -5.05. The fraction of sp³-hybridized carbons (Fsp3) is 1.00. The summed E-state index contributed by atoms with van der Waals surface area (Å²) in [4.78, 5) is 0. The molecule has 17 heteroatoms. The number of hydrogen-bond acceptors (Lipinski definition) is 16. The van der Waals surface area contributed by atoms with E-state index in [4.69, 9.17) is 79.5 Å². The van der Waals surface area contributed by atoms with Crippen molar-refractivity contribution >= 4 is 0 Å². The van der Waals surface area contributed by atoms with E-state index in [0.717, 1.165) is 0 Å². The fourth-order valence-corrected chi connectivity index (χ4v) is 1.34. The van der Waals surface area contributed by atoms with Crippen molar-refractivity contribution in [2.75, 3.05) is 145 Å². The van der Waals surface area contributed by atoms with Crippen LogP contribution in [0.4, 0.5) is 0 Å². The summed E-state index contributed by atoms with van der Waals surface area (Å²) in [6.07, 6.45) is 0. The maximum atomic E-state index is 8.36. The van der Waals surface area contributed by atoms with Crippen molar-refractivity contribution in [3.63, 3.8) is 0 Å². The van der Waals surface area contributed by atoms with Gasteiger partial charge in [0.05, 0.1) is 145 Å². The Balaban J connectivity index is -0.0000000974. The minimum Gasteiger partial charge on any atom is -0.394 e. The second-order valence-corrected chi connectivity index (χ2v) is 5.91. The van der Waals surface area contributed by atoms with Crippen LogP contribution in [-0.4, -0.2) is 196 Å². The molecule has 0 aromatic carbocycles. The molecule has 39 heavy (non-hydrogen) atoms. The molecule has 0 radical (unpaired) electrons. The normalized spacial score (nSPS) is 9.38. The van der Waals surface area contributed by atoms with E-state index in [2.05, 4.69) is 0 Å². The molecule has 0 saturated heterocycles. The van der Waals surface area contributed by atoms with Gasteiger partial charge in [-0.05, 0) is 0 Å². The van der Waals surface area contributed by atoms with Crippen LogP contribution in [0.5, 0.6) is 0 Å². The molecule has 0 bridgehead atoms. The first-order valence-corrected chi connectivity index (χ1v) is 12.1. The van der Waals surface area contributed by atoms with Crippen LogP contribution in [0.1, 0.15) is 0 Å². The molecule has 0 amide bonds. The van der Waals surface area contributed by atoms with Gasteiger partial charge in [-0.3, -0.25) is 0 Å². The molecule has 0 atom stereocenters. The monoisotopic (exact) mass is 672 g/mol. The number of hydrogen-bond donors (Lipinski definition) is 10. The van der Waals surface area contributed by atoms with Gasteiger partial charge < -0.3 is 79.5 Å². The van der Waals surface area contributed by atoms with Crippen molar-refractivity contribution < 1.29 is 101 Å². The SMILES string of the molecule is OCCO.OCCO.OCCO.OCCOCCOCCOCCO.OCCOCCOCCOCCO.[Mo]. The van der Waals surface area contributed by atoms with Gasteiger partial charge in [-0.25, -0.2) is 0 Å². The summed E-state index contributed by atoms with van der Waals surface area (Å²) >= 11 is 0. The molecule has 0 aromatic rings. The van der Waals surface area contributed by atoms with Crippen molar-refractivity contribution in [3.8, 4) is 0 Å². The Kier molecular flexibility index (Phi) is 88.1. The summed E-state index contributed by atoms with van der Waals surface area (Å²) < 4.78 is 30.0. The van der Waals surface area contributed by atoms with Crippen LogP contribution in [0.2, 0.25) is 0 Å². The van der Waals surface area contributed by atoms with Crippen molar-refractivity contribution in [3.05, 3.63) is 0 Å². The Morgan fingerprint density at radius 1 is 0.205 bits per heavy atom. The van der Waals surface area contributed by atoms with Gasteiger partial charge in [-0.1, -0.05) is 0 Å². The molecule has 0 heterocycles. The Hall–Kier alpha value is 0.0483. The smallest absolute Gasteiger partial charge is 0.0701 e. The zero-order valence-corrected chi connectivity index (χ0v) is 24.9. The third kappa shape index (κ3) is 93.1. The Bertz CT molecular complexity index is 256. The van der Waals surface area contributed by atoms with E-state index in [1.807, 2.05) is 0 Å². The zero-order valence-electron chi connectivity index (χ0n) is 22.9. The minimum absolute atomic E-state index is 0. The van der Waals surface area contributed by atoms with Gasteiger partial charge in [0.15, 0.2) is 0 Å². The van der Waals surface area contributed by atoms with Crippen LogP contribution in [0.15, 0.2) is 0 Å². The Morgan fingerprint density at radius 2 is 0.333 bits per heavy atom. The molecule has 10 N–H and O–H groups in total. The maximum absolute atomic E-state index is 8.36. The van der Waals surface area contributed by atoms with Gasteiger partial charge in [-0.15, -0.1) is 0 Å². The maximum Gasteiger partial charge on any atom is 0.0701 e. The summed E-state index contributed by atoms with van der Waals surface area (Å²) in [6, 6.07) is 0. The fourth-order valence-electron chi connectivity index (χ4n) is 1.34. The van der Waals surface area contributed by atoms with Gasteiger partial charge in [-0.2, -0.15) is 0 Å². The molecule has 0 rings (SSSR count). The minimum atomic E-state index is -0.125. The molecule has 0 fully saturated rings. The van der Waals surface area contributed by atoms with Crippen LogP contribution >= 0.6 is 0 Å². The number of rotatable bonds is 23. The molecule has 0 aromatic heterocycles. The molecule has 0 saturated carbocycles. The Labute approximate surface area is 245 Å². The first kappa shape index (κ1) is 51.8. The van der Waals surface area contributed by atoms with Crippen LogP contribution in [0, 0.1) is 0 Å². The van der Waals surface area contributed by atoms with Crippen LogP contribution in [-0.2, 0) is 49.5 Å². The van der Waals surface area contributed by atoms with Gasteiger partial charge in [0.25, 0.3) is 0 Å². The average Bonchev–Trinajstić information content (AvgIpc) is 2.96. The van der Waals surface area contributed by atoms with E-state index in [1.54, 1.807) is 0 Å². The zero-order chi connectivity index (χ0) is 29.8. The van der Waals surface area contributed by atoms with E-state index < -0.39 is 0 Å². The molecule has 0 unspecified atom stereocenters. The largest absolute Gasteiger partial charge is 0.394 e. The number of ether oxygens (including phenoxy) is 6. The van der Waals surface area contributed by atoms with E-state index in [-0.39, 0.29) is 87.1 Å². The van der Waals surface area contributed by atoms with Crippen LogP contribution in [0.25, 0.3) is 0 Å². The quantitative estimate of drug-likeness (QED) is 0.0360. The first-order valence-electron chi connectivity index (χ1n) is 12.1. The molecule has 0 aliphatic heterocycles. The van der Waals surface area contributed by atoms with Gasteiger partial charge >= 0.3 is 0 Å². The van der Waals surface area contributed by atoms with E-state index in [9.17, 15) is 0 Å². The summed E-state index contributed by atoms with van der Waals surface area (Å²) in [7, 11) is 0. The molecular weight excluding hydrogens is 616 g/mol. The summed E-state index contributed by atoms with van der Waals surface area (Å²) in [5, 5.41) is 79.2. The van der Waals surface area contributed by atoms with Gasteiger partial charge in [0, 0.05) is 21.1 Å². The van der Waals surface area contributed by atoms with Gasteiger partial charge in [0.1, 0.15) is 0 Å². The second-order valence-electron chi connectivity index (χ2n) is 5.91. The van der Waals surface area contributed by atoms with Crippen molar-refractivity contribution in [2.45, 2.75) is 0 Å². The van der Waals surface area contributed by atoms with E-state index in [1.165, 1.54) is 0 Å². The summed E-state index contributed by atoms with van der Waals surface area (Å²) in [5.74, 6) is 0. The third-order valence-electron chi connectivity index (χ3n) is 2.73. The summed E-state index contributed by atoms with van der Waals surface area (Å²) in [6.45, 7) is 4.78. The average molecular weight is 671 g/mol. The van der Waals surface area contributed by atoms with Crippen molar-refractivity contribution in [1.82, 2.24) is 0 Å². The molecule has 0 aliphatic carbocycles. The van der Waals surface area contributed by atoms with Crippen LogP contribution in [0.3, 0.4) is 0 Å². The standard InChI is InChI=1S/2C8H18O5.3C2H6O2.Mo/c2*9-1-3-11-5-7-13-8-6-12-4-2-10;3*3-1-2-4;/h2*9-10H,1-8H2;3*3-4H,1-2H2;. The van der Waals surface area contributed by atoms with E-state index >= 15 is 0 Å². The first-order chi connectivity index (χ1) is 18.6.